The lowest BCUT2D eigenvalue weighted by Gasteiger charge is -2.08. The average molecular weight is 495 g/mol. The molecule has 4 aromatic rings. The largest absolute Gasteiger partial charge is 0.495 e. The lowest BCUT2D eigenvalue weighted by molar-refractivity contribution is -0.111. The Bertz CT molecular complexity index is 1380. The molecular weight excluding hydrogens is 471 g/mol. The lowest BCUT2D eigenvalue weighted by Crippen LogP contribution is -2.07. The molecule has 0 saturated carbocycles. The number of hydrogen-bond donors (Lipinski definition) is 1. The molecule has 0 aliphatic carbocycles. The standard InChI is InChI=1S/C27H24Cl2N2O3/c1-4-16(2)17-8-10-24-23(14-17)31-27(34-24)19-6-5-7-21(13-19)30-25(32)11-9-18-12-20(28)15-22(29)26(18)33-3/h5-16H,4H2,1-3H3,(H,30,32)/b11-9+/t16-/m0/s1. The zero-order valence-corrected chi connectivity index (χ0v) is 20.6. The summed E-state index contributed by atoms with van der Waals surface area (Å²) in [6.45, 7) is 4.36. The fraction of sp³-hybridized carbons (Fsp3) is 0.185. The van der Waals surface area contributed by atoms with Crippen LogP contribution in [0.4, 0.5) is 5.69 Å². The van der Waals surface area contributed by atoms with Gasteiger partial charge in [0.2, 0.25) is 11.8 Å². The third-order valence-electron chi connectivity index (χ3n) is 5.63. The first-order valence-electron chi connectivity index (χ1n) is 10.9. The molecule has 4 rings (SSSR count). The minimum absolute atomic E-state index is 0.314. The van der Waals surface area contributed by atoms with Crippen molar-refractivity contribution in [2.45, 2.75) is 26.2 Å². The highest BCUT2D eigenvalue weighted by atomic mass is 35.5. The van der Waals surface area contributed by atoms with Gasteiger partial charge >= 0.3 is 0 Å². The molecule has 1 atom stereocenters. The number of hydrogen-bond acceptors (Lipinski definition) is 4. The number of rotatable bonds is 7. The predicted octanol–water partition coefficient (Wildman–Crippen LogP) is 7.98. The molecule has 1 aromatic heterocycles. The Morgan fingerprint density at radius 3 is 2.76 bits per heavy atom. The van der Waals surface area contributed by atoms with Gasteiger partial charge in [-0.1, -0.05) is 49.2 Å². The van der Waals surface area contributed by atoms with E-state index < -0.39 is 0 Å². The second kappa shape index (κ2) is 10.3. The van der Waals surface area contributed by atoms with Gasteiger partial charge in [-0.05, 0) is 66.4 Å². The summed E-state index contributed by atoms with van der Waals surface area (Å²) in [6, 6.07) is 16.7. The minimum Gasteiger partial charge on any atom is -0.495 e. The van der Waals surface area contributed by atoms with Crippen molar-refractivity contribution in [1.82, 2.24) is 4.98 Å². The minimum atomic E-state index is -0.314. The number of amides is 1. The number of aromatic nitrogens is 1. The molecule has 5 nitrogen and oxygen atoms in total. The van der Waals surface area contributed by atoms with Crippen molar-refractivity contribution in [2.24, 2.45) is 0 Å². The maximum atomic E-state index is 12.5. The molecule has 0 unspecified atom stereocenters. The molecular formula is C27H24Cl2N2O3. The molecule has 174 valence electrons. The van der Waals surface area contributed by atoms with Crippen molar-refractivity contribution in [2.75, 3.05) is 12.4 Å². The summed E-state index contributed by atoms with van der Waals surface area (Å²) in [5, 5.41) is 3.68. The molecule has 1 N–H and O–H groups in total. The van der Waals surface area contributed by atoms with Crippen LogP contribution in [0.1, 0.15) is 37.3 Å². The number of ether oxygens (including phenoxy) is 1. The first kappa shape index (κ1) is 23.9. The van der Waals surface area contributed by atoms with E-state index in [0.29, 0.717) is 38.9 Å². The number of oxazole rings is 1. The summed E-state index contributed by atoms with van der Waals surface area (Å²) in [5.41, 5.74) is 4.78. The average Bonchev–Trinajstić information content (AvgIpc) is 3.25. The first-order valence-corrected chi connectivity index (χ1v) is 11.7. The van der Waals surface area contributed by atoms with Crippen molar-refractivity contribution < 1.29 is 13.9 Å². The van der Waals surface area contributed by atoms with Crippen LogP contribution in [0.5, 0.6) is 5.75 Å². The van der Waals surface area contributed by atoms with Crippen LogP contribution in [0.2, 0.25) is 10.0 Å². The summed E-state index contributed by atoms with van der Waals surface area (Å²) in [7, 11) is 1.51. The van der Waals surface area contributed by atoms with Crippen molar-refractivity contribution >= 4 is 52.0 Å². The van der Waals surface area contributed by atoms with Crippen LogP contribution in [0.25, 0.3) is 28.6 Å². The molecule has 0 aliphatic rings. The van der Waals surface area contributed by atoms with Crippen molar-refractivity contribution in [1.29, 1.82) is 0 Å². The van der Waals surface area contributed by atoms with Crippen LogP contribution in [-0.2, 0) is 4.79 Å². The monoisotopic (exact) mass is 494 g/mol. The Hall–Kier alpha value is -3.28. The van der Waals surface area contributed by atoms with E-state index in [1.54, 1.807) is 24.3 Å². The molecule has 0 spiro atoms. The second-order valence-electron chi connectivity index (χ2n) is 7.97. The topological polar surface area (TPSA) is 64.4 Å². The van der Waals surface area contributed by atoms with Gasteiger partial charge in [0, 0.05) is 27.9 Å². The Balaban J connectivity index is 1.53. The highest BCUT2D eigenvalue weighted by Gasteiger charge is 2.12. The predicted molar refractivity (Wildman–Crippen MR) is 139 cm³/mol. The Morgan fingerprint density at radius 1 is 1.18 bits per heavy atom. The number of fused-ring (bicyclic) bond motifs is 1. The number of anilines is 1. The summed E-state index contributed by atoms with van der Waals surface area (Å²) in [6.07, 6.45) is 4.06. The van der Waals surface area contributed by atoms with Crippen LogP contribution in [0, 0.1) is 0 Å². The van der Waals surface area contributed by atoms with E-state index in [2.05, 4.69) is 36.3 Å². The van der Waals surface area contributed by atoms with E-state index in [-0.39, 0.29) is 5.91 Å². The Labute approximate surface area is 208 Å². The van der Waals surface area contributed by atoms with Gasteiger partial charge in [0.25, 0.3) is 0 Å². The second-order valence-corrected chi connectivity index (χ2v) is 8.81. The van der Waals surface area contributed by atoms with Gasteiger partial charge in [0.15, 0.2) is 5.58 Å². The van der Waals surface area contributed by atoms with Crippen LogP contribution < -0.4 is 10.1 Å². The van der Waals surface area contributed by atoms with Crippen molar-refractivity contribution in [3.8, 4) is 17.2 Å². The number of benzene rings is 3. The van der Waals surface area contributed by atoms with Gasteiger partial charge in [-0.3, -0.25) is 4.79 Å². The quantitative estimate of drug-likeness (QED) is 0.264. The maximum Gasteiger partial charge on any atom is 0.248 e. The molecule has 0 saturated heterocycles. The smallest absolute Gasteiger partial charge is 0.248 e. The van der Waals surface area contributed by atoms with Crippen LogP contribution in [0.3, 0.4) is 0 Å². The molecule has 7 heteroatoms. The number of nitrogens with one attached hydrogen (secondary N) is 1. The maximum absolute atomic E-state index is 12.5. The summed E-state index contributed by atoms with van der Waals surface area (Å²) < 4.78 is 11.3. The van der Waals surface area contributed by atoms with Gasteiger partial charge in [-0.2, -0.15) is 0 Å². The van der Waals surface area contributed by atoms with Gasteiger partial charge < -0.3 is 14.5 Å². The molecule has 0 aliphatic heterocycles. The van der Waals surface area contributed by atoms with E-state index in [0.717, 1.165) is 23.1 Å². The molecule has 34 heavy (non-hydrogen) atoms. The van der Waals surface area contributed by atoms with Crippen molar-refractivity contribution in [3.05, 3.63) is 81.8 Å². The molecule has 1 heterocycles. The van der Waals surface area contributed by atoms with Gasteiger partial charge in [-0.25, -0.2) is 4.98 Å². The highest BCUT2D eigenvalue weighted by Crippen LogP contribution is 2.33. The summed E-state index contributed by atoms with van der Waals surface area (Å²) >= 11 is 12.2. The third-order valence-corrected chi connectivity index (χ3v) is 6.12. The SMILES string of the molecule is CC[C@H](C)c1ccc2oc(-c3cccc(NC(=O)/C=C/c4cc(Cl)cc(Cl)c4OC)c3)nc2c1. The number of methoxy groups -OCH3 is 1. The summed E-state index contributed by atoms with van der Waals surface area (Å²) in [5.74, 6) is 1.09. The Kier molecular flexibility index (Phi) is 7.25. The van der Waals surface area contributed by atoms with Crippen molar-refractivity contribution in [3.63, 3.8) is 0 Å². The van der Waals surface area contributed by atoms with Crippen LogP contribution in [0.15, 0.2) is 65.1 Å². The number of carbonyl (C=O) groups is 1. The van der Waals surface area contributed by atoms with E-state index >= 15 is 0 Å². The molecule has 0 radical (unpaired) electrons. The first-order chi connectivity index (χ1) is 16.4. The molecule has 0 bridgehead atoms. The number of halogens is 2. The zero-order chi connectivity index (χ0) is 24.2. The fourth-order valence-corrected chi connectivity index (χ4v) is 4.20. The Morgan fingerprint density at radius 2 is 2.00 bits per heavy atom. The lowest BCUT2D eigenvalue weighted by atomic mass is 9.98. The van der Waals surface area contributed by atoms with E-state index in [4.69, 9.17) is 32.4 Å². The molecule has 0 fully saturated rings. The fourth-order valence-electron chi connectivity index (χ4n) is 3.61. The normalized spacial score (nSPS) is 12.3. The number of nitrogens with zero attached hydrogens (tertiary/aromatic N) is 1. The number of carbonyl (C=O) groups excluding carboxylic acids is 1. The van der Waals surface area contributed by atoms with Gasteiger partial charge in [0.1, 0.15) is 11.3 Å². The van der Waals surface area contributed by atoms with E-state index in [1.165, 1.54) is 18.7 Å². The summed E-state index contributed by atoms with van der Waals surface area (Å²) in [4.78, 5) is 17.2. The van der Waals surface area contributed by atoms with E-state index in [9.17, 15) is 4.79 Å². The molecule has 1 amide bonds. The zero-order valence-electron chi connectivity index (χ0n) is 19.1. The van der Waals surface area contributed by atoms with Gasteiger partial charge in [0.05, 0.1) is 12.1 Å². The third kappa shape index (κ3) is 5.27. The molecule has 3 aromatic carbocycles. The van der Waals surface area contributed by atoms with Gasteiger partial charge in [-0.15, -0.1) is 0 Å². The van der Waals surface area contributed by atoms with E-state index in [1.807, 2.05) is 24.3 Å². The van der Waals surface area contributed by atoms with Crippen LogP contribution in [-0.4, -0.2) is 18.0 Å². The highest BCUT2D eigenvalue weighted by molar-refractivity contribution is 6.36. The van der Waals surface area contributed by atoms with Crippen LogP contribution >= 0.6 is 23.2 Å².